The maximum atomic E-state index is 12.7. The Morgan fingerprint density at radius 1 is 1.00 bits per heavy atom. The van der Waals surface area contributed by atoms with Gasteiger partial charge in [0.05, 0.1) is 30.8 Å². The molecule has 0 amide bonds. The van der Waals surface area contributed by atoms with Crippen LogP contribution < -0.4 is 15.0 Å². The minimum absolute atomic E-state index is 0.128. The van der Waals surface area contributed by atoms with Crippen molar-refractivity contribution in [3.63, 3.8) is 0 Å². The van der Waals surface area contributed by atoms with Crippen molar-refractivity contribution in [3.8, 4) is 17.2 Å². The number of nitrogens with zero attached hydrogens (tertiary/aromatic N) is 2. The zero-order valence-corrected chi connectivity index (χ0v) is 12.7. The second kappa shape index (κ2) is 5.52. The van der Waals surface area contributed by atoms with E-state index in [-0.39, 0.29) is 5.56 Å². The van der Waals surface area contributed by atoms with Crippen LogP contribution in [0.4, 0.5) is 0 Å². The normalized spacial score (nSPS) is 10.7. The van der Waals surface area contributed by atoms with Crippen LogP contribution in [0.1, 0.15) is 5.56 Å². The average molecular weight is 296 g/mol. The van der Waals surface area contributed by atoms with Crippen LogP contribution in [-0.4, -0.2) is 23.8 Å². The fourth-order valence-corrected chi connectivity index (χ4v) is 2.42. The molecule has 0 saturated carbocycles. The second-order valence-corrected chi connectivity index (χ2v) is 4.96. The summed E-state index contributed by atoms with van der Waals surface area (Å²) in [6, 6.07) is 10.8. The molecule has 0 bridgehead atoms. The van der Waals surface area contributed by atoms with E-state index < -0.39 is 0 Å². The Morgan fingerprint density at radius 2 is 1.68 bits per heavy atom. The van der Waals surface area contributed by atoms with Gasteiger partial charge in [0.15, 0.2) is 0 Å². The number of fused-ring (bicyclic) bond motifs is 1. The van der Waals surface area contributed by atoms with Crippen LogP contribution in [0.25, 0.3) is 16.6 Å². The lowest BCUT2D eigenvalue weighted by Gasteiger charge is -2.11. The van der Waals surface area contributed by atoms with Crippen LogP contribution in [0, 0.1) is 6.92 Å². The molecule has 0 aliphatic heterocycles. The zero-order valence-electron chi connectivity index (χ0n) is 12.7. The van der Waals surface area contributed by atoms with Gasteiger partial charge in [-0.05, 0) is 48.9 Å². The lowest BCUT2D eigenvalue weighted by molar-refractivity contribution is 0.414. The number of hydrogen-bond donors (Lipinski definition) is 0. The molecule has 3 rings (SSSR count). The number of benzene rings is 2. The Bertz CT molecular complexity index is 900. The maximum Gasteiger partial charge on any atom is 0.265 e. The molecule has 112 valence electrons. The number of hydrogen-bond acceptors (Lipinski definition) is 4. The van der Waals surface area contributed by atoms with E-state index >= 15 is 0 Å². The molecule has 1 aromatic heterocycles. The van der Waals surface area contributed by atoms with Crippen molar-refractivity contribution in [1.29, 1.82) is 0 Å². The van der Waals surface area contributed by atoms with Gasteiger partial charge in [-0.25, -0.2) is 4.98 Å². The summed E-state index contributed by atoms with van der Waals surface area (Å²) in [4.78, 5) is 17.1. The van der Waals surface area contributed by atoms with Gasteiger partial charge >= 0.3 is 0 Å². The van der Waals surface area contributed by atoms with Crippen molar-refractivity contribution < 1.29 is 9.47 Å². The number of ether oxygens (including phenoxy) is 2. The van der Waals surface area contributed by atoms with Crippen molar-refractivity contribution in [2.24, 2.45) is 0 Å². The Labute approximate surface area is 127 Å². The van der Waals surface area contributed by atoms with E-state index in [0.29, 0.717) is 16.7 Å². The molecule has 0 aliphatic rings. The Kier molecular flexibility index (Phi) is 3.55. The van der Waals surface area contributed by atoms with Gasteiger partial charge in [0.1, 0.15) is 17.8 Å². The molecule has 0 N–H and O–H groups in total. The topological polar surface area (TPSA) is 53.4 Å². The molecule has 0 spiro atoms. The summed E-state index contributed by atoms with van der Waals surface area (Å²) < 4.78 is 11.9. The molecule has 22 heavy (non-hydrogen) atoms. The summed E-state index contributed by atoms with van der Waals surface area (Å²) in [6.07, 6.45) is 1.55. The molecule has 3 aromatic rings. The molecule has 0 fully saturated rings. The number of aryl methyl sites for hydroxylation is 1. The summed E-state index contributed by atoms with van der Waals surface area (Å²) in [6.45, 7) is 1.93. The van der Waals surface area contributed by atoms with E-state index in [0.717, 1.165) is 17.0 Å². The first-order chi connectivity index (χ1) is 10.6. The van der Waals surface area contributed by atoms with E-state index in [1.54, 1.807) is 38.7 Å². The average Bonchev–Trinajstić information content (AvgIpc) is 2.55. The van der Waals surface area contributed by atoms with E-state index in [1.807, 2.05) is 25.1 Å². The monoisotopic (exact) mass is 296 g/mol. The first kappa shape index (κ1) is 14.1. The van der Waals surface area contributed by atoms with E-state index in [1.165, 1.54) is 4.57 Å². The van der Waals surface area contributed by atoms with Gasteiger partial charge in [0.25, 0.3) is 5.56 Å². The molecular formula is C17H16N2O3. The lowest BCUT2D eigenvalue weighted by Crippen LogP contribution is -2.19. The van der Waals surface area contributed by atoms with Crippen LogP contribution in [0.15, 0.2) is 47.5 Å². The second-order valence-electron chi connectivity index (χ2n) is 4.96. The fraction of sp³-hybridized carbons (Fsp3) is 0.176. The molecular weight excluding hydrogens is 280 g/mol. The smallest absolute Gasteiger partial charge is 0.265 e. The third-order valence-electron chi connectivity index (χ3n) is 3.63. The van der Waals surface area contributed by atoms with Gasteiger partial charge < -0.3 is 9.47 Å². The van der Waals surface area contributed by atoms with Gasteiger partial charge in [0, 0.05) is 0 Å². The molecule has 0 atom stereocenters. The predicted molar refractivity (Wildman–Crippen MR) is 85.2 cm³/mol. The van der Waals surface area contributed by atoms with Crippen LogP contribution >= 0.6 is 0 Å². The summed E-state index contributed by atoms with van der Waals surface area (Å²) in [5, 5.41) is 0.525. The van der Waals surface area contributed by atoms with Crippen molar-refractivity contribution in [3.05, 3.63) is 58.6 Å². The molecule has 0 radical (unpaired) electrons. The first-order valence-electron chi connectivity index (χ1n) is 6.84. The highest BCUT2D eigenvalue weighted by Gasteiger charge is 2.09. The summed E-state index contributed by atoms with van der Waals surface area (Å²) in [5.74, 6) is 1.39. The van der Waals surface area contributed by atoms with Crippen molar-refractivity contribution in [2.45, 2.75) is 6.92 Å². The Morgan fingerprint density at radius 3 is 2.36 bits per heavy atom. The van der Waals surface area contributed by atoms with Gasteiger partial charge in [-0.3, -0.25) is 9.36 Å². The van der Waals surface area contributed by atoms with Crippen LogP contribution in [0.5, 0.6) is 11.5 Å². The number of rotatable bonds is 3. The minimum Gasteiger partial charge on any atom is -0.497 e. The molecule has 0 unspecified atom stereocenters. The highest BCUT2D eigenvalue weighted by Crippen LogP contribution is 2.21. The lowest BCUT2D eigenvalue weighted by atomic mass is 10.1. The van der Waals surface area contributed by atoms with Gasteiger partial charge in [-0.1, -0.05) is 0 Å². The minimum atomic E-state index is -0.128. The molecule has 1 heterocycles. The standard InChI is InChI=1S/C17H16N2O3/c1-11-8-12(21-2)5-7-16(11)19-10-18-15-6-4-13(22-3)9-14(15)17(19)20/h4-10H,1-3H3. The van der Waals surface area contributed by atoms with Crippen LogP contribution in [0.2, 0.25) is 0 Å². The highest BCUT2D eigenvalue weighted by molar-refractivity contribution is 5.79. The third-order valence-corrected chi connectivity index (χ3v) is 3.63. The summed E-state index contributed by atoms with van der Waals surface area (Å²) in [7, 11) is 3.19. The molecule has 0 saturated heterocycles. The number of aromatic nitrogens is 2. The van der Waals surface area contributed by atoms with Gasteiger partial charge in [-0.2, -0.15) is 0 Å². The van der Waals surface area contributed by atoms with Crippen LogP contribution in [-0.2, 0) is 0 Å². The quantitative estimate of drug-likeness (QED) is 0.745. The van der Waals surface area contributed by atoms with E-state index in [9.17, 15) is 4.79 Å². The SMILES string of the molecule is COc1ccc(-n2cnc3ccc(OC)cc3c2=O)c(C)c1. The maximum absolute atomic E-state index is 12.7. The highest BCUT2D eigenvalue weighted by atomic mass is 16.5. The molecule has 2 aromatic carbocycles. The third kappa shape index (κ3) is 2.30. The van der Waals surface area contributed by atoms with Gasteiger partial charge in [-0.15, -0.1) is 0 Å². The van der Waals surface area contributed by atoms with Crippen molar-refractivity contribution in [1.82, 2.24) is 9.55 Å². The number of methoxy groups -OCH3 is 2. The molecule has 0 aliphatic carbocycles. The first-order valence-corrected chi connectivity index (χ1v) is 6.84. The fourth-order valence-electron chi connectivity index (χ4n) is 2.42. The summed E-state index contributed by atoms with van der Waals surface area (Å²) in [5.41, 5.74) is 2.24. The summed E-state index contributed by atoms with van der Waals surface area (Å²) >= 11 is 0. The van der Waals surface area contributed by atoms with Crippen molar-refractivity contribution >= 4 is 10.9 Å². The largest absolute Gasteiger partial charge is 0.497 e. The Balaban J connectivity index is 2.23. The Hall–Kier alpha value is -2.82. The van der Waals surface area contributed by atoms with Gasteiger partial charge in [0.2, 0.25) is 0 Å². The molecule has 5 heteroatoms. The van der Waals surface area contributed by atoms with E-state index in [2.05, 4.69) is 4.98 Å². The van der Waals surface area contributed by atoms with Crippen LogP contribution in [0.3, 0.4) is 0 Å². The predicted octanol–water partition coefficient (Wildman–Crippen LogP) is 2.71. The molecule has 5 nitrogen and oxygen atoms in total. The van der Waals surface area contributed by atoms with Crippen molar-refractivity contribution in [2.75, 3.05) is 14.2 Å². The zero-order chi connectivity index (χ0) is 15.7. The van der Waals surface area contributed by atoms with E-state index in [4.69, 9.17) is 9.47 Å².